The Bertz CT molecular complexity index is 1530. The summed E-state index contributed by atoms with van der Waals surface area (Å²) >= 11 is 0. The number of nitrogens with zero attached hydrogens (tertiary/aromatic N) is 5. The summed E-state index contributed by atoms with van der Waals surface area (Å²) in [5.41, 5.74) is 2.79. The second-order valence-corrected chi connectivity index (χ2v) is 14.3. The van der Waals surface area contributed by atoms with Crippen LogP contribution in [0.3, 0.4) is 0 Å². The number of rotatable bonds is 9. The first-order chi connectivity index (χ1) is 25.5. The van der Waals surface area contributed by atoms with Gasteiger partial charge in [-0.15, -0.1) is 5.16 Å². The van der Waals surface area contributed by atoms with Gasteiger partial charge in [0.1, 0.15) is 5.60 Å². The number of hydrogen-bond donors (Lipinski definition) is 1. The van der Waals surface area contributed by atoms with E-state index in [-0.39, 0.29) is 30.0 Å². The number of para-hydroxylation sites is 2. The van der Waals surface area contributed by atoms with Gasteiger partial charge in [0.2, 0.25) is 11.8 Å². The lowest BCUT2D eigenvalue weighted by atomic mass is 10.0. The molecule has 0 radical (unpaired) electrons. The zero-order valence-electron chi connectivity index (χ0n) is 32.7. The zero-order valence-corrected chi connectivity index (χ0v) is 32.7. The summed E-state index contributed by atoms with van der Waals surface area (Å²) in [5, 5.41) is 10.1. The molecule has 0 aromatic heterocycles. The maximum Gasteiger partial charge on any atom is 0.410 e. The SMILES string of the molecule is C/C=N/O.CCC(=O)N(c1ccccc1)[C@@H]1CCCN(C(=O)OC(C)(C)C)C1.CCC(=O)N(c1ccccc1)[C@@H]1CCCN(CCc2ccccc2)C1. The molecular weight excluding hydrogens is 667 g/mol. The third-order valence-corrected chi connectivity index (χ3v) is 9.15. The Morgan fingerprint density at radius 1 is 0.774 bits per heavy atom. The molecule has 53 heavy (non-hydrogen) atoms. The molecule has 288 valence electrons. The number of benzene rings is 3. The molecule has 3 aromatic carbocycles. The van der Waals surface area contributed by atoms with Crippen LogP contribution in [0.2, 0.25) is 0 Å². The molecule has 2 atom stereocenters. The molecular formula is C43H61N5O5. The molecule has 1 N–H and O–H groups in total. The van der Waals surface area contributed by atoms with Gasteiger partial charge in [-0.3, -0.25) is 9.59 Å². The van der Waals surface area contributed by atoms with Crippen molar-refractivity contribution in [3.63, 3.8) is 0 Å². The number of ether oxygens (including phenoxy) is 1. The van der Waals surface area contributed by atoms with Crippen molar-refractivity contribution >= 4 is 35.5 Å². The highest BCUT2D eigenvalue weighted by Crippen LogP contribution is 2.26. The molecule has 5 rings (SSSR count). The van der Waals surface area contributed by atoms with Crippen molar-refractivity contribution in [2.24, 2.45) is 5.16 Å². The maximum absolute atomic E-state index is 12.6. The van der Waals surface area contributed by atoms with E-state index in [9.17, 15) is 14.4 Å². The van der Waals surface area contributed by atoms with Crippen molar-refractivity contribution in [3.05, 3.63) is 96.6 Å². The van der Waals surface area contributed by atoms with E-state index in [4.69, 9.17) is 9.94 Å². The number of oxime groups is 1. The van der Waals surface area contributed by atoms with Crippen LogP contribution in [0.1, 0.15) is 85.6 Å². The second-order valence-electron chi connectivity index (χ2n) is 14.3. The number of carbonyl (C=O) groups excluding carboxylic acids is 3. The quantitative estimate of drug-likeness (QED) is 0.135. The van der Waals surface area contributed by atoms with Gasteiger partial charge in [0.05, 0.1) is 6.04 Å². The summed E-state index contributed by atoms with van der Waals surface area (Å²) in [5.74, 6) is 0.304. The van der Waals surface area contributed by atoms with Crippen LogP contribution in [-0.4, -0.2) is 89.5 Å². The fourth-order valence-corrected chi connectivity index (χ4v) is 6.67. The van der Waals surface area contributed by atoms with Gasteiger partial charge >= 0.3 is 6.09 Å². The molecule has 0 aliphatic carbocycles. The lowest BCUT2D eigenvalue weighted by molar-refractivity contribution is -0.119. The third-order valence-electron chi connectivity index (χ3n) is 9.15. The first-order valence-electron chi connectivity index (χ1n) is 19.1. The van der Waals surface area contributed by atoms with Crippen molar-refractivity contribution < 1.29 is 24.3 Å². The van der Waals surface area contributed by atoms with Crippen LogP contribution in [-0.2, 0) is 20.7 Å². The third kappa shape index (κ3) is 14.3. The summed E-state index contributed by atoms with van der Waals surface area (Å²) in [6, 6.07) is 30.7. The topological polar surface area (TPSA) is 106 Å². The maximum atomic E-state index is 12.6. The number of carbonyl (C=O) groups is 3. The Labute approximate surface area is 317 Å². The Morgan fingerprint density at radius 3 is 1.68 bits per heavy atom. The summed E-state index contributed by atoms with van der Waals surface area (Å²) in [6.07, 6.45) is 7.06. The number of amides is 3. The number of piperidine rings is 2. The van der Waals surface area contributed by atoms with Crippen LogP contribution >= 0.6 is 0 Å². The first-order valence-corrected chi connectivity index (χ1v) is 19.1. The molecule has 10 heteroatoms. The molecule has 2 heterocycles. The van der Waals surface area contributed by atoms with Crippen LogP contribution in [0.4, 0.5) is 16.2 Å². The van der Waals surface area contributed by atoms with Crippen molar-refractivity contribution in [2.45, 2.75) is 104 Å². The van der Waals surface area contributed by atoms with Crippen molar-refractivity contribution in [3.8, 4) is 0 Å². The molecule has 0 bridgehead atoms. The highest BCUT2D eigenvalue weighted by molar-refractivity contribution is 5.94. The van der Waals surface area contributed by atoms with Crippen LogP contribution in [0, 0.1) is 0 Å². The van der Waals surface area contributed by atoms with E-state index in [1.165, 1.54) is 11.8 Å². The standard InChI is InChI=1S/C22H28N2O.C19H28N2O3.C2H5NO/c1-2-22(25)24(20-12-7-4-8-13-20)21-14-9-16-23(18-21)17-15-19-10-5-3-6-11-19;1-5-17(22)21(15-10-7-6-8-11-15)16-12-9-13-20(14-16)18(23)24-19(2,3)4;1-2-3-4/h3-8,10-13,21H,2,9,14-18H2,1H3;6-8,10-11,16H,5,9,12-14H2,1-4H3;2,4H,1H3/b;;3-2+/t21-;16-;/m11./s1. The van der Waals surface area contributed by atoms with Crippen molar-refractivity contribution in [1.82, 2.24) is 9.80 Å². The summed E-state index contributed by atoms with van der Waals surface area (Å²) in [6.45, 7) is 15.4. The highest BCUT2D eigenvalue weighted by atomic mass is 16.6. The molecule has 0 saturated carbocycles. The Balaban J connectivity index is 0.000000260. The molecule has 2 fully saturated rings. The van der Waals surface area contributed by atoms with Gasteiger partial charge in [-0.1, -0.05) is 80.6 Å². The lowest BCUT2D eigenvalue weighted by Gasteiger charge is -2.39. The first kappa shape index (κ1) is 42.7. The minimum atomic E-state index is -0.512. The van der Waals surface area contributed by atoms with Gasteiger partial charge in [0.25, 0.3) is 0 Å². The summed E-state index contributed by atoms with van der Waals surface area (Å²) in [7, 11) is 0. The van der Waals surface area contributed by atoms with Gasteiger partial charge in [0, 0.05) is 62.7 Å². The van der Waals surface area contributed by atoms with E-state index in [0.717, 1.165) is 63.1 Å². The molecule has 10 nitrogen and oxygen atoms in total. The van der Waals surface area contributed by atoms with Gasteiger partial charge in [-0.25, -0.2) is 4.79 Å². The van der Waals surface area contributed by atoms with Crippen LogP contribution in [0.5, 0.6) is 0 Å². The van der Waals surface area contributed by atoms with Crippen molar-refractivity contribution in [2.75, 3.05) is 42.5 Å². The van der Waals surface area contributed by atoms with Gasteiger partial charge in [-0.2, -0.15) is 0 Å². The normalized spacial score (nSPS) is 17.4. The Kier molecular flexibility index (Phi) is 18.0. The molecule has 2 aliphatic rings. The molecule has 2 aliphatic heterocycles. The molecule has 3 amide bonds. The Hall–Kier alpha value is -4.70. The van der Waals surface area contributed by atoms with Crippen LogP contribution < -0.4 is 9.80 Å². The average Bonchev–Trinajstić information content (AvgIpc) is 3.18. The summed E-state index contributed by atoms with van der Waals surface area (Å²) < 4.78 is 5.48. The average molecular weight is 728 g/mol. The van der Waals surface area contributed by atoms with Crippen LogP contribution in [0.25, 0.3) is 0 Å². The predicted molar refractivity (Wildman–Crippen MR) is 215 cm³/mol. The fraction of sp³-hybridized carbons (Fsp3) is 0.488. The lowest BCUT2D eigenvalue weighted by Crippen LogP contribution is -2.52. The molecule has 0 spiro atoms. The minimum Gasteiger partial charge on any atom is -0.444 e. The largest absolute Gasteiger partial charge is 0.444 e. The van der Waals surface area contributed by atoms with E-state index in [0.29, 0.717) is 25.9 Å². The van der Waals surface area contributed by atoms with E-state index < -0.39 is 5.60 Å². The van der Waals surface area contributed by atoms with E-state index >= 15 is 0 Å². The molecule has 0 unspecified atom stereocenters. The van der Waals surface area contributed by atoms with Gasteiger partial charge in [0.15, 0.2) is 0 Å². The van der Waals surface area contributed by atoms with E-state index in [1.807, 2.05) is 92.9 Å². The second kappa shape index (κ2) is 22.4. The van der Waals surface area contributed by atoms with E-state index in [1.54, 1.807) is 11.8 Å². The smallest absolute Gasteiger partial charge is 0.410 e. The Morgan fingerprint density at radius 2 is 1.23 bits per heavy atom. The minimum absolute atomic E-state index is 0.0129. The highest BCUT2D eigenvalue weighted by Gasteiger charge is 2.33. The number of hydrogen-bond acceptors (Lipinski definition) is 7. The molecule has 3 aromatic rings. The number of anilines is 2. The van der Waals surface area contributed by atoms with E-state index in [2.05, 4.69) is 52.5 Å². The summed E-state index contributed by atoms with van der Waals surface area (Å²) in [4.78, 5) is 45.6. The predicted octanol–water partition coefficient (Wildman–Crippen LogP) is 8.43. The van der Waals surface area contributed by atoms with Crippen molar-refractivity contribution in [1.29, 1.82) is 0 Å². The van der Waals surface area contributed by atoms with Crippen LogP contribution in [0.15, 0.2) is 96.2 Å². The zero-order chi connectivity index (χ0) is 38.6. The van der Waals surface area contributed by atoms with Gasteiger partial charge < -0.3 is 29.5 Å². The van der Waals surface area contributed by atoms with Gasteiger partial charge in [-0.05, 0) is 96.2 Å². The number of likely N-dealkylation sites (tertiary alicyclic amines) is 2. The molecule has 2 saturated heterocycles. The monoisotopic (exact) mass is 727 g/mol. The fourth-order valence-electron chi connectivity index (χ4n) is 6.67.